The Morgan fingerprint density at radius 1 is 0.886 bits per heavy atom. The lowest BCUT2D eigenvalue weighted by Gasteiger charge is -2.07. The van der Waals surface area contributed by atoms with Gasteiger partial charge in [0.15, 0.2) is 0 Å². The van der Waals surface area contributed by atoms with Gasteiger partial charge in [0, 0.05) is 5.56 Å². The second-order valence-electron chi connectivity index (χ2n) is 7.83. The smallest absolute Gasteiger partial charge is 0.344 e. The molecule has 0 saturated carbocycles. The number of benzene rings is 4. The number of hydrogen-bond donors (Lipinski definition) is 2. The molecule has 0 saturated heterocycles. The Morgan fingerprint density at radius 3 is 2.43 bits per heavy atom. The summed E-state index contributed by atoms with van der Waals surface area (Å²) in [5.41, 5.74) is 5.00. The average molecular weight is 466 g/mol. The van der Waals surface area contributed by atoms with Crippen LogP contribution in [0, 0.1) is 6.92 Å². The number of nitrogens with one attached hydrogen (secondary N) is 2. The molecule has 4 rings (SSSR count). The fourth-order valence-electron chi connectivity index (χ4n) is 3.45. The van der Waals surface area contributed by atoms with Gasteiger partial charge in [-0.2, -0.15) is 5.10 Å². The van der Waals surface area contributed by atoms with E-state index in [0.29, 0.717) is 22.4 Å². The summed E-state index contributed by atoms with van der Waals surface area (Å²) in [7, 11) is 0. The zero-order valence-electron chi connectivity index (χ0n) is 19.0. The van der Waals surface area contributed by atoms with E-state index in [1.54, 1.807) is 48.5 Å². The van der Waals surface area contributed by atoms with E-state index in [1.807, 2.05) is 49.4 Å². The summed E-state index contributed by atoms with van der Waals surface area (Å²) in [6.07, 6.45) is 1.45. The molecule has 0 atom stereocenters. The van der Waals surface area contributed by atoms with Gasteiger partial charge in [-0.05, 0) is 65.7 Å². The minimum atomic E-state index is -0.456. The third kappa shape index (κ3) is 6.17. The molecule has 0 fully saturated rings. The van der Waals surface area contributed by atoms with Crippen molar-refractivity contribution in [2.45, 2.75) is 6.92 Å². The topological polar surface area (TPSA) is 96.9 Å². The predicted octanol–water partition coefficient (Wildman–Crippen LogP) is 4.25. The second kappa shape index (κ2) is 10.9. The van der Waals surface area contributed by atoms with E-state index >= 15 is 0 Å². The second-order valence-corrected chi connectivity index (χ2v) is 7.83. The number of fused-ring (bicyclic) bond motifs is 1. The first kappa shape index (κ1) is 23.4. The van der Waals surface area contributed by atoms with Gasteiger partial charge in [0.2, 0.25) is 0 Å². The maximum Gasteiger partial charge on any atom is 0.344 e. The first-order valence-corrected chi connectivity index (χ1v) is 11.0. The summed E-state index contributed by atoms with van der Waals surface area (Å²) >= 11 is 0. The largest absolute Gasteiger partial charge is 0.423 e. The van der Waals surface area contributed by atoms with Gasteiger partial charge in [0.1, 0.15) is 5.75 Å². The molecule has 4 aromatic carbocycles. The van der Waals surface area contributed by atoms with Crippen molar-refractivity contribution in [2.24, 2.45) is 5.10 Å². The number of carbonyl (C=O) groups excluding carboxylic acids is 3. The van der Waals surface area contributed by atoms with E-state index in [9.17, 15) is 14.4 Å². The van der Waals surface area contributed by atoms with Crippen molar-refractivity contribution < 1.29 is 19.1 Å². The fourth-order valence-corrected chi connectivity index (χ4v) is 3.45. The highest BCUT2D eigenvalue weighted by atomic mass is 16.5. The van der Waals surface area contributed by atoms with Crippen molar-refractivity contribution in [3.63, 3.8) is 0 Å². The molecule has 174 valence electrons. The van der Waals surface area contributed by atoms with Gasteiger partial charge in [0.25, 0.3) is 11.8 Å². The SMILES string of the molecule is Cc1cccc(C(=O)NCC(=O)N/N=C/c2ccc(OC(=O)c3cccc4ccccc34)cc2)c1. The molecule has 35 heavy (non-hydrogen) atoms. The molecule has 4 aromatic rings. The molecule has 0 heterocycles. The fraction of sp³-hybridized carbons (Fsp3) is 0.0714. The summed E-state index contributed by atoms with van der Waals surface area (Å²) in [5.74, 6) is -0.837. The van der Waals surface area contributed by atoms with Crippen LogP contribution in [0.2, 0.25) is 0 Å². The molecule has 0 unspecified atom stereocenters. The van der Waals surface area contributed by atoms with Crippen LogP contribution < -0.4 is 15.5 Å². The maximum atomic E-state index is 12.7. The van der Waals surface area contributed by atoms with Crippen LogP contribution in [0.5, 0.6) is 5.75 Å². The molecule has 2 amide bonds. The Morgan fingerprint density at radius 2 is 1.63 bits per heavy atom. The van der Waals surface area contributed by atoms with Gasteiger partial charge >= 0.3 is 5.97 Å². The summed E-state index contributed by atoms with van der Waals surface area (Å²) < 4.78 is 5.51. The molecule has 0 aliphatic rings. The molecular formula is C28H23N3O4. The number of rotatable bonds is 7. The normalized spacial score (nSPS) is 10.8. The number of hydrogen-bond acceptors (Lipinski definition) is 5. The van der Waals surface area contributed by atoms with Crippen molar-refractivity contribution >= 4 is 34.8 Å². The molecule has 0 aromatic heterocycles. The van der Waals surface area contributed by atoms with Crippen molar-refractivity contribution in [1.29, 1.82) is 0 Å². The molecule has 7 nitrogen and oxygen atoms in total. The molecular weight excluding hydrogens is 442 g/mol. The van der Waals surface area contributed by atoms with Gasteiger partial charge in [-0.1, -0.05) is 54.1 Å². The van der Waals surface area contributed by atoms with Gasteiger partial charge in [-0.15, -0.1) is 0 Å². The Labute approximate surface area is 202 Å². The lowest BCUT2D eigenvalue weighted by Crippen LogP contribution is -2.34. The number of esters is 1. The van der Waals surface area contributed by atoms with Crippen molar-refractivity contribution in [1.82, 2.24) is 10.7 Å². The summed E-state index contributed by atoms with van der Waals surface area (Å²) in [6, 6.07) is 26.9. The van der Waals surface area contributed by atoms with E-state index in [0.717, 1.165) is 16.3 Å². The summed E-state index contributed by atoms with van der Waals surface area (Å²) in [5, 5.41) is 8.24. The predicted molar refractivity (Wildman–Crippen MR) is 135 cm³/mol. The minimum absolute atomic E-state index is 0.201. The van der Waals surface area contributed by atoms with Gasteiger partial charge < -0.3 is 10.1 Å². The molecule has 7 heteroatoms. The van der Waals surface area contributed by atoms with Crippen molar-refractivity contribution in [2.75, 3.05) is 6.54 Å². The molecule has 2 N–H and O–H groups in total. The Bertz CT molecular complexity index is 1410. The summed E-state index contributed by atoms with van der Waals surface area (Å²) in [4.78, 5) is 36.7. The molecule has 0 spiro atoms. The molecule has 0 aliphatic carbocycles. The minimum Gasteiger partial charge on any atom is -0.423 e. The zero-order chi connectivity index (χ0) is 24.6. The standard InChI is InChI=1S/C28H23N3O4/c1-19-6-4-9-22(16-19)27(33)29-18-26(32)31-30-17-20-12-14-23(15-13-20)35-28(34)25-11-5-8-21-7-2-3-10-24(21)25/h2-17H,18H2,1H3,(H,29,33)(H,31,32)/b30-17+. The highest BCUT2D eigenvalue weighted by Crippen LogP contribution is 2.21. The van der Waals surface area contributed by atoms with E-state index in [1.165, 1.54) is 6.21 Å². The monoisotopic (exact) mass is 465 g/mol. The highest BCUT2D eigenvalue weighted by molar-refractivity contribution is 6.05. The van der Waals surface area contributed by atoms with E-state index in [2.05, 4.69) is 15.8 Å². The zero-order valence-corrected chi connectivity index (χ0v) is 19.0. The van der Waals surface area contributed by atoms with Gasteiger partial charge in [-0.3, -0.25) is 9.59 Å². The van der Waals surface area contributed by atoms with E-state index in [-0.39, 0.29) is 12.5 Å². The van der Waals surface area contributed by atoms with Crippen LogP contribution >= 0.6 is 0 Å². The Balaban J connectivity index is 1.28. The van der Waals surface area contributed by atoms with Crippen LogP contribution in [0.25, 0.3) is 10.8 Å². The van der Waals surface area contributed by atoms with Crippen molar-refractivity contribution in [3.8, 4) is 5.75 Å². The number of hydrazone groups is 1. The first-order chi connectivity index (χ1) is 17.0. The Hall–Kier alpha value is -4.78. The van der Waals surface area contributed by atoms with Crippen LogP contribution in [0.1, 0.15) is 31.8 Å². The quantitative estimate of drug-likeness (QED) is 0.185. The van der Waals surface area contributed by atoms with Crippen LogP contribution in [-0.2, 0) is 4.79 Å². The molecule has 0 bridgehead atoms. The Kier molecular flexibility index (Phi) is 7.28. The highest BCUT2D eigenvalue weighted by Gasteiger charge is 2.12. The summed E-state index contributed by atoms with van der Waals surface area (Å²) in [6.45, 7) is 1.69. The average Bonchev–Trinajstić information content (AvgIpc) is 2.88. The van der Waals surface area contributed by atoms with Crippen LogP contribution in [0.4, 0.5) is 0 Å². The number of ether oxygens (including phenoxy) is 1. The van der Waals surface area contributed by atoms with E-state index in [4.69, 9.17) is 4.74 Å². The third-order valence-corrected chi connectivity index (χ3v) is 5.19. The number of carbonyl (C=O) groups is 3. The van der Waals surface area contributed by atoms with Crippen LogP contribution in [0.3, 0.4) is 0 Å². The third-order valence-electron chi connectivity index (χ3n) is 5.19. The van der Waals surface area contributed by atoms with Crippen LogP contribution in [-0.4, -0.2) is 30.5 Å². The molecule has 0 radical (unpaired) electrons. The van der Waals surface area contributed by atoms with Gasteiger partial charge in [0.05, 0.1) is 18.3 Å². The van der Waals surface area contributed by atoms with E-state index < -0.39 is 11.9 Å². The maximum absolute atomic E-state index is 12.7. The molecule has 0 aliphatic heterocycles. The van der Waals surface area contributed by atoms with Crippen molar-refractivity contribution in [3.05, 3.63) is 113 Å². The lowest BCUT2D eigenvalue weighted by atomic mass is 10.0. The number of aryl methyl sites for hydroxylation is 1. The van der Waals surface area contributed by atoms with Gasteiger partial charge in [-0.25, -0.2) is 10.2 Å². The number of amides is 2. The number of nitrogens with zero attached hydrogens (tertiary/aromatic N) is 1. The first-order valence-electron chi connectivity index (χ1n) is 11.0. The lowest BCUT2D eigenvalue weighted by molar-refractivity contribution is -0.120. The van der Waals surface area contributed by atoms with Crippen LogP contribution in [0.15, 0.2) is 96.1 Å².